The molecule has 3 heterocycles. The zero-order chi connectivity index (χ0) is 15.2. The second-order valence-electron chi connectivity index (χ2n) is 6.12. The molecule has 0 saturated carbocycles. The summed E-state index contributed by atoms with van der Waals surface area (Å²) in [5.74, 6) is 0.755. The minimum atomic E-state index is -1.19. The molecule has 1 aliphatic heterocycles. The van der Waals surface area contributed by atoms with E-state index in [9.17, 15) is 4.39 Å². The summed E-state index contributed by atoms with van der Waals surface area (Å²) in [6, 6.07) is 0. The fourth-order valence-electron chi connectivity index (χ4n) is 2.58. The molecule has 0 unspecified atom stereocenters. The number of aliphatic hydroxyl groups excluding tert-OH is 1. The number of hydrogen-bond donors (Lipinski definition) is 1. The van der Waals surface area contributed by atoms with Crippen LogP contribution in [0, 0.1) is 0 Å². The molecule has 8 heteroatoms. The van der Waals surface area contributed by atoms with Crippen molar-refractivity contribution in [2.45, 2.75) is 24.9 Å². The SMILES string of the molecule is C[N+](C)(C)c1ncnc2c1ncn2[C@@H]1O[C@H](CO)C[C@@H]1F. The predicted octanol–water partition coefficient (Wildman–Crippen LogP) is 0.641. The Labute approximate surface area is 121 Å². The van der Waals surface area contributed by atoms with Crippen molar-refractivity contribution in [1.82, 2.24) is 24.0 Å². The van der Waals surface area contributed by atoms with Crippen LogP contribution < -0.4 is 4.48 Å². The van der Waals surface area contributed by atoms with Gasteiger partial charge in [-0.2, -0.15) is 4.98 Å². The molecule has 0 aromatic carbocycles. The molecule has 2 aromatic rings. The second-order valence-corrected chi connectivity index (χ2v) is 6.12. The first-order valence-electron chi connectivity index (χ1n) is 6.81. The molecule has 3 atom stereocenters. The summed E-state index contributed by atoms with van der Waals surface area (Å²) in [5, 5.41) is 9.12. The summed E-state index contributed by atoms with van der Waals surface area (Å²) in [6.07, 6.45) is 0.668. The van der Waals surface area contributed by atoms with E-state index in [-0.39, 0.29) is 13.0 Å². The van der Waals surface area contributed by atoms with Crippen molar-refractivity contribution in [3.05, 3.63) is 12.7 Å². The first-order valence-corrected chi connectivity index (χ1v) is 6.81. The predicted molar refractivity (Wildman–Crippen MR) is 75.4 cm³/mol. The lowest BCUT2D eigenvalue weighted by Gasteiger charge is -2.21. The van der Waals surface area contributed by atoms with Crippen LogP contribution in [-0.2, 0) is 4.74 Å². The summed E-state index contributed by atoms with van der Waals surface area (Å²) in [4.78, 5) is 12.8. The number of hydrogen-bond acceptors (Lipinski definition) is 5. The van der Waals surface area contributed by atoms with Gasteiger partial charge in [-0.15, -0.1) is 0 Å². The summed E-state index contributed by atoms with van der Waals surface area (Å²) >= 11 is 0. The number of alkyl halides is 1. The number of imidazole rings is 1. The van der Waals surface area contributed by atoms with Gasteiger partial charge in [-0.05, 0) is 0 Å². The Kier molecular flexibility index (Phi) is 3.39. The smallest absolute Gasteiger partial charge is 0.258 e. The van der Waals surface area contributed by atoms with Crippen LogP contribution in [0.1, 0.15) is 12.6 Å². The minimum Gasteiger partial charge on any atom is -0.394 e. The Morgan fingerprint density at radius 3 is 2.76 bits per heavy atom. The van der Waals surface area contributed by atoms with Gasteiger partial charge in [-0.3, -0.25) is 9.05 Å². The monoisotopic (exact) mass is 296 g/mol. The zero-order valence-corrected chi connectivity index (χ0v) is 12.3. The van der Waals surface area contributed by atoms with Crippen LogP contribution in [0.2, 0.25) is 0 Å². The van der Waals surface area contributed by atoms with Gasteiger partial charge in [0.2, 0.25) is 0 Å². The number of nitrogens with zero attached hydrogens (tertiary/aromatic N) is 5. The maximum absolute atomic E-state index is 14.1. The van der Waals surface area contributed by atoms with Gasteiger partial charge in [0.1, 0.15) is 12.5 Å². The number of fused-ring (bicyclic) bond motifs is 1. The maximum Gasteiger partial charge on any atom is 0.258 e. The second kappa shape index (κ2) is 4.97. The average molecular weight is 296 g/mol. The molecule has 7 nitrogen and oxygen atoms in total. The van der Waals surface area contributed by atoms with Crippen molar-refractivity contribution < 1.29 is 14.2 Å². The maximum atomic E-state index is 14.1. The van der Waals surface area contributed by atoms with E-state index in [4.69, 9.17) is 9.84 Å². The number of aromatic nitrogens is 4. The molecular formula is C13H19FN5O2+. The molecule has 0 bridgehead atoms. The summed E-state index contributed by atoms with van der Waals surface area (Å²) in [5.41, 5.74) is 1.17. The molecule has 2 aromatic heterocycles. The third kappa shape index (κ3) is 2.39. The highest BCUT2D eigenvalue weighted by Crippen LogP contribution is 2.34. The van der Waals surface area contributed by atoms with Crippen LogP contribution >= 0.6 is 0 Å². The van der Waals surface area contributed by atoms with Crippen LogP contribution in [-0.4, -0.2) is 64.7 Å². The number of halogens is 1. The Morgan fingerprint density at radius 2 is 2.14 bits per heavy atom. The standard InChI is InChI=1S/C13H19FN5O2/c1-19(2,3)12-10-11(15-6-16-12)18(7-17-10)13-9(14)4-8(5-20)21-13/h6-9,13,20H,4-5H2,1-3H3/q+1/t8-,9-,13+/m0/s1. The molecule has 1 saturated heterocycles. The van der Waals surface area contributed by atoms with Crippen LogP contribution in [0.3, 0.4) is 0 Å². The van der Waals surface area contributed by atoms with Crippen molar-refractivity contribution in [3.63, 3.8) is 0 Å². The van der Waals surface area contributed by atoms with Crippen molar-refractivity contribution in [1.29, 1.82) is 0 Å². The van der Waals surface area contributed by atoms with Crippen molar-refractivity contribution in [3.8, 4) is 0 Å². The molecule has 1 aliphatic rings. The Morgan fingerprint density at radius 1 is 1.38 bits per heavy atom. The van der Waals surface area contributed by atoms with E-state index in [1.807, 2.05) is 21.1 Å². The highest BCUT2D eigenvalue weighted by molar-refractivity contribution is 5.81. The molecule has 0 aliphatic carbocycles. The quantitative estimate of drug-likeness (QED) is 0.842. The van der Waals surface area contributed by atoms with E-state index in [1.54, 1.807) is 4.57 Å². The lowest BCUT2D eigenvalue weighted by Crippen LogP contribution is -2.36. The molecular weight excluding hydrogens is 277 g/mol. The van der Waals surface area contributed by atoms with Crippen molar-refractivity contribution >= 4 is 17.0 Å². The van der Waals surface area contributed by atoms with E-state index in [0.29, 0.717) is 15.6 Å². The van der Waals surface area contributed by atoms with Crippen LogP contribution in [0.15, 0.2) is 12.7 Å². The minimum absolute atomic E-state index is 0.175. The topological polar surface area (TPSA) is 73.1 Å². The van der Waals surface area contributed by atoms with Crippen LogP contribution in [0.5, 0.6) is 0 Å². The van der Waals surface area contributed by atoms with Gasteiger partial charge in [0.15, 0.2) is 17.4 Å². The Bertz CT molecular complexity index is 654. The van der Waals surface area contributed by atoms with Crippen LogP contribution in [0.4, 0.5) is 10.2 Å². The fraction of sp³-hybridized carbons (Fsp3) is 0.615. The van der Waals surface area contributed by atoms with Crippen LogP contribution in [0.25, 0.3) is 11.2 Å². The fourth-order valence-corrected chi connectivity index (χ4v) is 2.58. The molecule has 21 heavy (non-hydrogen) atoms. The first-order chi connectivity index (χ1) is 9.91. The molecule has 0 amide bonds. The average Bonchev–Trinajstić information content (AvgIpc) is 3.00. The normalized spacial score (nSPS) is 26.6. The van der Waals surface area contributed by atoms with Crippen molar-refractivity contribution in [2.24, 2.45) is 0 Å². The number of ether oxygens (including phenoxy) is 1. The van der Waals surface area contributed by atoms with Gasteiger partial charge in [-0.1, -0.05) is 0 Å². The summed E-state index contributed by atoms with van der Waals surface area (Å²) in [7, 11) is 5.94. The largest absolute Gasteiger partial charge is 0.394 e. The number of aliphatic hydroxyl groups is 1. The molecule has 0 spiro atoms. The highest BCUT2D eigenvalue weighted by atomic mass is 19.1. The first kappa shape index (κ1) is 14.3. The van der Waals surface area contributed by atoms with Gasteiger partial charge in [-0.25, -0.2) is 14.4 Å². The lowest BCUT2D eigenvalue weighted by molar-refractivity contribution is -0.0351. The lowest BCUT2D eigenvalue weighted by atomic mass is 10.2. The van der Waals surface area contributed by atoms with Gasteiger partial charge in [0.25, 0.3) is 5.82 Å². The van der Waals surface area contributed by atoms with E-state index in [1.165, 1.54) is 12.7 Å². The van der Waals surface area contributed by atoms with Gasteiger partial charge >= 0.3 is 0 Å². The van der Waals surface area contributed by atoms with Gasteiger partial charge in [0, 0.05) is 6.42 Å². The third-order valence-corrected chi connectivity index (χ3v) is 3.58. The molecule has 1 fully saturated rings. The summed E-state index contributed by atoms with van der Waals surface area (Å²) < 4.78 is 21.7. The van der Waals surface area contributed by atoms with E-state index in [0.717, 1.165) is 5.82 Å². The third-order valence-electron chi connectivity index (χ3n) is 3.58. The van der Waals surface area contributed by atoms with Gasteiger partial charge in [0.05, 0.1) is 40.2 Å². The van der Waals surface area contributed by atoms with E-state index < -0.39 is 18.5 Å². The Hall–Kier alpha value is -1.64. The zero-order valence-electron chi connectivity index (χ0n) is 12.3. The highest BCUT2D eigenvalue weighted by Gasteiger charge is 2.37. The van der Waals surface area contributed by atoms with E-state index >= 15 is 0 Å². The molecule has 114 valence electrons. The van der Waals surface area contributed by atoms with Crippen molar-refractivity contribution in [2.75, 3.05) is 27.7 Å². The summed E-state index contributed by atoms with van der Waals surface area (Å²) in [6.45, 7) is -0.192. The van der Waals surface area contributed by atoms with E-state index in [2.05, 4.69) is 15.0 Å². The number of quaternary nitrogens is 1. The molecule has 3 rings (SSSR count). The Balaban J connectivity index is 2.06. The van der Waals surface area contributed by atoms with Gasteiger partial charge < -0.3 is 9.84 Å². The molecule has 0 radical (unpaired) electrons. The molecule has 1 N–H and O–H groups in total. The number of rotatable bonds is 3.